The molecule has 6 nitrogen and oxygen atoms in total. The third-order valence-corrected chi connectivity index (χ3v) is 2.02. The summed E-state index contributed by atoms with van der Waals surface area (Å²) in [5.74, 6) is 0.779. The first kappa shape index (κ1) is 11.6. The molecule has 1 amide bonds. The van der Waals surface area contributed by atoms with E-state index in [1.165, 1.54) is 6.33 Å². The second-order valence-electron chi connectivity index (χ2n) is 3.28. The lowest BCUT2D eigenvalue weighted by atomic mass is 10.3. The summed E-state index contributed by atoms with van der Waals surface area (Å²) >= 11 is 0. The molecule has 1 aromatic heterocycles. The molecule has 6 heteroatoms. The van der Waals surface area contributed by atoms with Crippen LogP contribution in [0.4, 0.5) is 0 Å². The topological polar surface area (TPSA) is 71.1 Å². The molecule has 0 atom stereocenters. The quantitative estimate of drug-likeness (QED) is 0.683. The van der Waals surface area contributed by atoms with Gasteiger partial charge in [-0.1, -0.05) is 0 Å². The Hall–Kier alpha value is -1.43. The minimum absolute atomic E-state index is 0.0865. The normalized spacial score (nSPS) is 10.3. The lowest BCUT2D eigenvalue weighted by Gasteiger charge is -2.15. The Balaban J connectivity index is 2.27. The highest BCUT2D eigenvalue weighted by atomic mass is 16.5. The molecule has 1 aromatic rings. The molecule has 1 N–H and O–H groups in total. The maximum atomic E-state index is 11.6. The molecule has 0 radical (unpaired) electrons. The predicted molar refractivity (Wildman–Crippen MR) is 54.0 cm³/mol. The van der Waals surface area contributed by atoms with E-state index in [1.54, 1.807) is 19.1 Å². The molecule has 0 saturated heterocycles. The van der Waals surface area contributed by atoms with E-state index in [0.717, 1.165) is 6.42 Å². The van der Waals surface area contributed by atoms with Crippen molar-refractivity contribution in [1.82, 2.24) is 20.1 Å². The average Bonchev–Trinajstić information content (AvgIpc) is 2.70. The van der Waals surface area contributed by atoms with Crippen LogP contribution in [0.5, 0.6) is 0 Å². The highest BCUT2D eigenvalue weighted by Crippen LogP contribution is 1.99. The third-order valence-electron chi connectivity index (χ3n) is 2.02. The Morgan fingerprint density at radius 3 is 3.07 bits per heavy atom. The maximum Gasteiger partial charge on any atom is 0.222 e. The molecule has 0 unspecified atom stereocenters. The second-order valence-corrected chi connectivity index (χ2v) is 3.28. The Labute approximate surface area is 88.6 Å². The molecular formula is C9H16N4O2. The molecule has 15 heavy (non-hydrogen) atoms. The highest BCUT2D eigenvalue weighted by molar-refractivity contribution is 5.75. The number of rotatable bonds is 6. The van der Waals surface area contributed by atoms with Gasteiger partial charge in [0, 0.05) is 27.2 Å². The van der Waals surface area contributed by atoms with E-state index in [4.69, 9.17) is 4.74 Å². The number of hydrogen-bond acceptors (Lipinski definition) is 4. The molecule has 0 aliphatic carbocycles. The fourth-order valence-electron chi connectivity index (χ4n) is 1.18. The van der Waals surface area contributed by atoms with Crippen LogP contribution in [0.3, 0.4) is 0 Å². The highest BCUT2D eigenvalue weighted by Gasteiger charge is 2.09. The first-order chi connectivity index (χ1) is 7.24. The summed E-state index contributed by atoms with van der Waals surface area (Å²) in [6.07, 6.45) is 2.67. The van der Waals surface area contributed by atoms with Gasteiger partial charge in [-0.2, -0.15) is 5.10 Å². The summed E-state index contributed by atoms with van der Waals surface area (Å²) in [7, 11) is 3.38. The van der Waals surface area contributed by atoms with Gasteiger partial charge in [-0.15, -0.1) is 0 Å². The first-order valence-corrected chi connectivity index (χ1v) is 4.81. The zero-order valence-corrected chi connectivity index (χ0v) is 9.06. The molecule has 0 bridgehead atoms. The molecular weight excluding hydrogens is 196 g/mol. The molecule has 0 aliphatic rings. The summed E-state index contributed by atoms with van der Waals surface area (Å²) in [5.41, 5.74) is 0. The van der Waals surface area contributed by atoms with E-state index in [-0.39, 0.29) is 5.91 Å². The van der Waals surface area contributed by atoms with Crippen LogP contribution in [0.1, 0.15) is 18.7 Å². The number of nitrogens with zero attached hydrogens (tertiary/aromatic N) is 3. The van der Waals surface area contributed by atoms with Crippen LogP contribution in [0.15, 0.2) is 6.33 Å². The van der Waals surface area contributed by atoms with Crippen molar-refractivity contribution >= 4 is 5.91 Å². The van der Waals surface area contributed by atoms with Crippen LogP contribution in [0, 0.1) is 0 Å². The Morgan fingerprint density at radius 2 is 2.47 bits per heavy atom. The fraction of sp³-hybridized carbons (Fsp3) is 0.667. The van der Waals surface area contributed by atoms with Gasteiger partial charge in [0.1, 0.15) is 12.2 Å². The Kier molecular flexibility index (Phi) is 4.76. The lowest BCUT2D eigenvalue weighted by Crippen LogP contribution is -2.26. The van der Waals surface area contributed by atoms with Crippen molar-refractivity contribution in [3.05, 3.63) is 12.2 Å². The third kappa shape index (κ3) is 4.07. The molecule has 1 heterocycles. The number of aromatic amines is 1. The molecule has 0 fully saturated rings. The standard InChI is InChI=1S/C9H16N4O2/c1-13(6-8-10-7-11-12-8)9(14)4-3-5-15-2/h7H,3-6H2,1-2H3,(H,10,11,12). The molecule has 0 saturated carbocycles. The molecule has 0 aromatic carbocycles. The minimum atomic E-state index is 0.0865. The zero-order chi connectivity index (χ0) is 11.1. The van der Waals surface area contributed by atoms with Gasteiger partial charge in [-0.3, -0.25) is 9.89 Å². The number of methoxy groups -OCH3 is 1. The van der Waals surface area contributed by atoms with Gasteiger partial charge in [0.25, 0.3) is 0 Å². The Morgan fingerprint density at radius 1 is 1.67 bits per heavy atom. The largest absolute Gasteiger partial charge is 0.385 e. The minimum Gasteiger partial charge on any atom is -0.385 e. The summed E-state index contributed by atoms with van der Waals surface area (Å²) in [6, 6.07) is 0. The van der Waals surface area contributed by atoms with Crippen molar-refractivity contribution in [2.75, 3.05) is 20.8 Å². The van der Waals surface area contributed by atoms with Crippen molar-refractivity contribution in [2.24, 2.45) is 0 Å². The number of H-pyrrole nitrogens is 1. The second kappa shape index (κ2) is 6.13. The lowest BCUT2D eigenvalue weighted by molar-refractivity contribution is -0.130. The molecule has 84 valence electrons. The molecule has 1 rings (SSSR count). The van der Waals surface area contributed by atoms with Crippen molar-refractivity contribution in [3.8, 4) is 0 Å². The summed E-state index contributed by atoms with van der Waals surface area (Å²) < 4.78 is 4.88. The van der Waals surface area contributed by atoms with Crippen molar-refractivity contribution in [2.45, 2.75) is 19.4 Å². The van der Waals surface area contributed by atoms with Gasteiger partial charge >= 0.3 is 0 Å². The van der Waals surface area contributed by atoms with Crippen LogP contribution in [0.25, 0.3) is 0 Å². The van der Waals surface area contributed by atoms with Gasteiger partial charge in [0.05, 0.1) is 6.54 Å². The number of aromatic nitrogens is 3. The number of carbonyl (C=O) groups excluding carboxylic acids is 1. The van der Waals surface area contributed by atoms with Crippen LogP contribution >= 0.6 is 0 Å². The number of carbonyl (C=O) groups is 1. The Bertz CT molecular complexity index is 286. The van der Waals surface area contributed by atoms with Gasteiger partial charge in [0.2, 0.25) is 5.91 Å². The van der Waals surface area contributed by atoms with Gasteiger partial charge in [-0.05, 0) is 6.42 Å². The van der Waals surface area contributed by atoms with E-state index in [9.17, 15) is 4.79 Å². The van der Waals surface area contributed by atoms with Crippen molar-refractivity contribution in [3.63, 3.8) is 0 Å². The van der Waals surface area contributed by atoms with Gasteiger partial charge < -0.3 is 9.64 Å². The van der Waals surface area contributed by atoms with Gasteiger partial charge in [-0.25, -0.2) is 4.98 Å². The number of hydrogen-bond donors (Lipinski definition) is 1. The number of ether oxygens (including phenoxy) is 1. The first-order valence-electron chi connectivity index (χ1n) is 4.81. The fourth-order valence-corrected chi connectivity index (χ4v) is 1.18. The SMILES string of the molecule is COCCCC(=O)N(C)Cc1ncn[nH]1. The number of amides is 1. The van der Waals surface area contributed by atoms with Crippen LogP contribution < -0.4 is 0 Å². The van der Waals surface area contributed by atoms with E-state index < -0.39 is 0 Å². The summed E-state index contributed by atoms with van der Waals surface area (Å²) in [4.78, 5) is 17.1. The smallest absolute Gasteiger partial charge is 0.222 e. The van der Waals surface area contributed by atoms with Crippen molar-refractivity contribution in [1.29, 1.82) is 0 Å². The summed E-state index contributed by atoms with van der Waals surface area (Å²) in [6.45, 7) is 1.08. The number of nitrogens with one attached hydrogen (secondary N) is 1. The van der Waals surface area contributed by atoms with Crippen LogP contribution in [-0.4, -0.2) is 46.8 Å². The van der Waals surface area contributed by atoms with Crippen LogP contribution in [0.2, 0.25) is 0 Å². The van der Waals surface area contributed by atoms with Crippen LogP contribution in [-0.2, 0) is 16.1 Å². The van der Waals surface area contributed by atoms with Crippen molar-refractivity contribution < 1.29 is 9.53 Å². The van der Waals surface area contributed by atoms with E-state index >= 15 is 0 Å². The molecule has 0 aliphatic heterocycles. The molecule has 0 spiro atoms. The monoisotopic (exact) mass is 212 g/mol. The van der Waals surface area contributed by atoms with Gasteiger partial charge in [0.15, 0.2) is 0 Å². The average molecular weight is 212 g/mol. The summed E-state index contributed by atoms with van der Waals surface area (Å²) in [5, 5.41) is 6.43. The van der Waals surface area contributed by atoms with E-state index in [1.807, 2.05) is 0 Å². The maximum absolute atomic E-state index is 11.6. The van der Waals surface area contributed by atoms with E-state index in [2.05, 4.69) is 15.2 Å². The predicted octanol–water partition coefficient (Wildman–Crippen LogP) is 0.190. The van der Waals surface area contributed by atoms with E-state index in [0.29, 0.717) is 25.4 Å². The zero-order valence-electron chi connectivity index (χ0n) is 9.06.